The smallest absolute Gasteiger partial charge is 0.339 e. The molecule has 0 amide bonds. The third-order valence-electron chi connectivity index (χ3n) is 2.87. The number of rotatable bonds is 2. The Morgan fingerprint density at radius 2 is 2.06 bits per heavy atom. The van der Waals surface area contributed by atoms with Gasteiger partial charge in [-0.05, 0) is 31.0 Å². The Kier molecular flexibility index (Phi) is 2.99. The van der Waals surface area contributed by atoms with Crippen molar-refractivity contribution in [1.29, 1.82) is 0 Å². The van der Waals surface area contributed by atoms with E-state index in [9.17, 15) is 4.79 Å². The Morgan fingerprint density at radius 1 is 1.38 bits per heavy atom. The lowest BCUT2D eigenvalue weighted by Gasteiger charge is -2.20. The van der Waals surface area contributed by atoms with Gasteiger partial charge in [-0.2, -0.15) is 0 Å². The van der Waals surface area contributed by atoms with Gasteiger partial charge >= 0.3 is 5.97 Å². The minimum absolute atomic E-state index is 0.304. The lowest BCUT2D eigenvalue weighted by Crippen LogP contribution is -2.21. The van der Waals surface area contributed by atoms with Crippen LogP contribution in [0.2, 0.25) is 0 Å². The fourth-order valence-electron chi connectivity index (χ4n) is 2.05. The molecular formula is C12H16N2O2. The first-order valence-corrected chi connectivity index (χ1v) is 5.45. The van der Waals surface area contributed by atoms with E-state index in [0.29, 0.717) is 11.3 Å². The number of esters is 1. The highest BCUT2D eigenvalue weighted by Crippen LogP contribution is 2.27. The fourth-order valence-corrected chi connectivity index (χ4v) is 2.05. The number of nitrogens with two attached hydrogens (primary N) is 1. The summed E-state index contributed by atoms with van der Waals surface area (Å²) in [5.41, 5.74) is 7.92. The molecule has 1 aliphatic heterocycles. The molecule has 1 aromatic carbocycles. The summed E-state index contributed by atoms with van der Waals surface area (Å²) in [5.74, 6) is -0.304. The van der Waals surface area contributed by atoms with Crippen LogP contribution in [0.25, 0.3) is 0 Å². The summed E-state index contributed by atoms with van der Waals surface area (Å²) in [7, 11) is 1.40. The number of methoxy groups -OCH3 is 1. The average Bonchev–Trinajstić information content (AvgIpc) is 2.81. The van der Waals surface area contributed by atoms with Gasteiger partial charge in [0.05, 0.1) is 18.4 Å². The Bertz CT molecular complexity index is 398. The van der Waals surface area contributed by atoms with Gasteiger partial charge in [-0.25, -0.2) is 4.79 Å². The van der Waals surface area contributed by atoms with Crippen molar-refractivity contribution < 1.29 is 9.53 Å². The Balaban J connectivity index is 2.39. The molecule has 86 valence electrons. The summed E-state index contributed by atoms with van der Waals surface area (Å²) in [6.07, 6.45) is 2.32. The van der Waals surface area contributed by atoms with E-state index >= 15 is 0 Å². The van der Waals surface area contributed by atoms with E-state index in [1.54, 1.807) is 12.1 Å². The molecule has 4 heteroatoms. The molecule has 0 atom stereocenters. The second kappa shape index (κ2) is 4.43. The standard InChI is InChI=1S/C12H16N2O2/c1-16-12(15)10-5-4-9(13)8-11(10)14-6-2-3-7-14/h4-5,8H,2-3,6-7,13H2,1H3. The van der Waals surface area contributed by atoms with Gasteiger partial charge in [0, 0.05) is 18.8 Å². The third kappa shape index (κ3) is 1.96. The largest absolute Gasteiger partial charge is 0.465 e. The number of benzene rings is 1. The quantitative estimate of drug-likeness (QED) is 0.608. The van der Waals surface area contributed by atoms with E-state index in [0.717, 1.165) is 31.6 Å². The number of ether oxygens (including phenoxy) is 1. The molecule has 1 saturated heterocycles. The van der Waals surface area contributed by atoms with Crippen LogP contribution < -0.4 is 10.6 Å². The van der Waals surface area contributed by atoms with Gasteiger partial charge in [0.15, 0.2) is 0 Å². The molecule has 0 radical (unpaired) electrons. The van der Waals surface area contributed by atoms with Crippen molar-refractivity contribution >= 4 is 17.3 Å². The average molecular weight is 220 g/mol. The predicted octanol–water partition coefficient (Wildman–Crippen LogP) is 1.66. The van der Waals surface area contributed by atoms with Crippen LogP contribution in [0.1, 0.15) is 23.2 Å². The summed E-state index contributed by atoms with van der Waals surface area (Å²) in [4.78, 5) is 13.8. The van der Waals surface area contributed by atoms with Gasteiger partial charge in [0.25, 0.3) is 0 Å². The van der Waals surface area contributed by atoms with E-state index in [1.807, 2.05) is 6.07 Å². The topological polar surface area (TPSA) is 55.6 Å². The van der Waals surface area contributed by atoms with Gasteiger partial charge in [-0.15, -0.1) is 0 Å². The van der Waals surface area contributed by atoms with Crippen LogP contribution in [-0.4, -0.2) is 26.2 Å². The van der Waals surface area contributed by atoms with Crippen molar-refractivity contribution in [2.45, 2.75) is 12.8 Å². The molecule has 16 heavy (non-hydrogen) atoms. The maximum Gasteiger partial charge on any atom is 0.339 e. The SMILES string of the molecule is COC(=O)c1ccc(N)cc1N1CCCC1. The highest BCUT2D eigenvalue weighted by Gasteiger charge is 2.19. The maximum absolute atomic E-state index is 11.6. The van der Waals surface area contributed by atoms with E-state index in [-0.39, 0.29) is 5.97 Å². The molecule has 0 spiro atoms. The van der Waals surface area contributed by atoms with Crippen LogP contribution >= 0.6 is 0 Å². The number of hydrogen-bond acceptors (Lipinski definition) is 4. The summed E-state index contributed by atoms with van der Waals surface area (Å²) in [5, 5.41) is 0. The molecule has 0 unspecified atom stereocenters. The summed E-state index contributed by atoms with van der Waals surface area (Å²) >= 11 is 0. The molecule has 1 aliphatic rings. The zero-order chi connectivity index (χ0) is 11.5. The lowest BCUT2D eigenvalue weighted by molar-refractivity contribution is 0.0601. The van der Waals surface area contributed by atoms with Crippen molar-refractivity contribution in [2.75, 3.05) is 30.8 Å². The van der Waals surface area contributed by atoms with Crippen LogP contribution in [0.15, 0.2) is 18.2 Å². The van der Waals surface area contributed by atoms with E-state index in [1.165, 1.54) is 7.11 Å². The van der Waals surface area contributed by atoms with E-state index in [4.69, 9.17) is 10.5 Å². The molecule has 0 aliphatic carbocycles. The van der Waals surface area contributed by atoms with E-state index < -0.39 is 0 Å². The predicted molar refractivity (Wildman–Crippen MR) is 63.6 cm³/mol. The number of nitrogens with zero attached hydrogens (tertiary/aromatic N) is 1. The molecule has 0 aromatic heterocycles. The van der Waals surface area contributed by atoms with Crippen molar-refractivity contribution in [1.82, 2.24) is 0 Å². The molecule has 1 fully saturated rings. The molecule has 4 nitrogen and oxygen atoms in total. The highest BCUT2D eigenvalue weighted by atomic mass is 16.5. The summed E-state index contributed by atoms with van der Waals surface area (Å²) < 4.78 is 4.77. The van der Waals surface area contributed by atoms with Gasteiger partial charge in [-0.3, -0.25) is 0 Å². The van der Waals surface area contributed by atoms with Crippen molar-refractivity contribution in [3.63, 3.8) is 0 Å². The normalized spacial score (nSPS) is 15.2. The van der Waals surface area contributed by atoms with Gasteiger partial charge in [-0.1, -0.05) is 0 Å². The van der Waals surface area contributed by atoms with Crippen LogP contribution in [-0.2, 0) is 4.74 Å². The number of carbonyl (C=O) groups excluding carboxylic acids is 1. The highest BCUT2D eigenvalue weighted by molar-refractivity contribution is 5.96. The van der Waals surface area contributed by atoms with Gasteiger partial charge in [0.2, 0.25) is 0 Å². The van der Waals surface area contributed by atoms with Crippen LogP contribution in [0, 0.1) is 0 Å². The van der Waals surface area contributed by atoms with Gasteiger partial charge < -0.3 is 15.4 Å². The summed E-state index contributed by atoms with van der Waals surface area (Å²) in [6, 6.07) is 5.30. The second-order valence-corrected chi connectivity index (χ2v) is 3.96. The minimum Gasteiger partial charge on any atom is -0.465 e. The van der Waals surface area contributed by atoms with Crippen LogP contribution in [0.4, 0.5) is 11.4 Å². The molecule has 0 saturated carbocycles. The number of anilines is 2. The monoisotopic (exact) mass is 220 g/mol. The maximum atomic E-state index is 11.6. The third-order valence-corrected chi connectivity index (χ3v) is 2.87. The van der Waals surface area contributed by atoms with Gasteiger partial charge in [0.1, 0.15) is 0 Å². The van der Waals surface area contributed by atoms with E-state index in [2.05, 4.69) is 4.90 Å². The molecular weight excluding hydrogens is 204 g/mol. The molecule has 1 aromatic rings. The first kappa shape index (κ1) is 10.8. The number of hydrogen-bond donors (Lipinski definition) is 1. The molecule has 2 N–H and O–H groups in total. The molecule has 2 rings (SSSR count). The zero-order valence-electron chi connectivity index (χ0n) is 9.40. The Morgan fingerprint density at radius 3 is 2.69 bits per heavy atom. The summed E-state index contributed by atoms with van der Waals surface area (Å²) in [6.45, 7) is 1.96. The van der Waals surface area contributed by atoms with Crippen molar-refractivity contribution in [2.24, 2.45) is 0 Å². The van der Waals surface area contributed by atoms with Crippen LogP contribution in [0.3, 0.4) is 0 Å². The Hall–Kier alpha value is -1.71. The van der Waals surface area contributed by atoms with Crippen molar-refractivity contribution in [3.8, 4) is 0 Å². The fraction of sp³-hybridized carbons (Fsp3) is 0.417. The first-order chi connectivity index (χ1) is 7.72. The second-order valence-electron chi connectivity index (χ2n) is 3.96. The molecule has 0 bridgehead atoms. The number of nitrogen functional groups attached to an aromatic ring is 1. The zero-order valence-corrected chi connectivity index (χ0v) is 9.40. The Labute approximate surface area is 95.0 Å². The van der Waals surface area contributed by atoms with Crippen molar-refractivity contribution in [3.05, 3.63) is 23.8 Å². The number of carbonyl (C=O) groups is 1. The molecule has 1 heterocycles. The minimum atomic E-state index is -0.304. The lowest BCUT2D eigenvalue weighted by atomic mass is 10.1. The first-order valence-electron chi connectivity index (χ1n) is 5.45. The van der Waals surface area contributed by atoms with Crippen LogP contribution in [0.5, 0.6) is 0 Å².